The number of nitrogens with one attached hydrogen (secondary N) is 1. The zero-order valence-corrected chi connectivity index (χ0v) is 20.4. The highest BCUT2D eigenvalue weighted by atomic mass is 35.5. The maximum Gasteiger partial charge on any atom is 0.453 e. The molecule has 2 heterocycles. The van der Waals surface area contributed by atoms with E-state index < -0.39 is 45.6 Å². The van der Waals surface area contributed by atoms with Gasteiger partial charge in [-0.1, -0.05) is 19.9 Å². The van der Waals surface area contributed by atoms with Gasteiger partial charge in [-0.15, -0.1) is 12.4 Å². The van der Waals surface area contributed by atoms with Crippen molar-refractivity contribution >= 4 is 28.3 Å². The van der Waals surface area contributed by atoms with Crippen molar-refractivity contribution in [3.05, 3.63) is 29.6 Å². The molecule has 1 aromatic heterocycles. The summed E-state index contributed by atoms with van der Waals surface area (Å²) in [6.45, 7) is 3.35. The standard InChI is InChI=1S/C20H28F5N3O4S.ClH/c1-3-18(4-2,17(29)27-30)33(31,32)28-11-8-15(9-12-28)16-6-5-14(13-26-16)7-10-19(21,22)20(23,24)25;/h5-6,13,15,30H,3-4,7-12H2,1-2H3,(H,27,29);1H. The maximum absolute atomic E-state index is 13.2. The van der Waals surface area contributed by atoms with Gasteiger partial charge in [0.15, 0.2) is 4.75 Å². The third kappa shape index (κ3) is 5.97. The number of alkyl halides is 5. The molecule has 2 N–H and O–H groups in total. The zero-order chi connectivity index (χ0) is 25.1. The first kappa shape index (κ1) is 30.5. The Morgan fingerprint density at radius 1 is 1.15 bits per heavy atom. The highest BCUT2D eigenvalue weighted by Crippen LogP contribution is 2.39. The van der Waals surface area contributed by atoms with Crippen molar-refractivity contribution in [2.75, 3.05) is 13.1 Å². The summed E-state index contributed by atoms with van der Waals surface area (Å²) in [7, 11) is -4.07. The molecular weight excluding hydrogens is 509 g/mol. The lowest BCUT2D eigenvalue weighted by Gasteiger charge is -2.38. The van der Waals surface area contributed by atoms with Crippen molar-refractivity contribution in [3.63, 3.8) is 0 Å². The van der Waals surface area contributed by atoms with Crippen molar-refractivity contribution in [3.8, 4) is 0 Å². The Morgan fingerprint density at radius 2 is 1.71 bits per heavy atom. The molecule has 1 saturated heterocycles. The van der Waals surface area contributed by atoms with Crippen molar-refractivity contribution in [1.82, 2.24) is 14.8 Å². The number of carbonyl (C=O) groups is 1. The molecule has 0 saturated carbocycles. The molecule has 1 amide bonds. The molecule has 2 rings (SSSR count). The number of sulfonamides is 1. The SMILES string of the molecule is CCC(CC)(C(=O)NO)S(=O)(=O)N1CCC(c2ccc(CCC(F)(F)C(F)(F)F)cn2)CC1.Cl. The monoisotopic (exact) mass is 537 g/mol. The van der Waals surface area contributed by atoms with E-state index in [1.165, 1.54) is 22.0 Å². The molecule has 1 aliphatic heterocycles. The first-order valence-electron chi connectivity index (χ1n) is 10.6. The van der Waals surface area contributed by atoms with E-state index in [4.69, 9.17) is 5.21 Å². The highest BCUT2D eigenvalue weighted by molar-refractivity contribution is 7.91. The Labute approximate surface area is 201 Å². The summed E-state index contributed by atoms with van der Waals surface area (Å²) >= 11 is 0. The summed E-state index contributed by atoms with van der Waals surface area (Å²) in [5.74, 6) is -5.89. The molecule has 0 aromatic carbocycles. The van der Waals surface area contributed by atoms with Gasteiger partial charge in [0, 0.05) is 37.3 Å². The highest BCUT2D eigenvalue weighted by Gasteiger charge is 2.56. The third-order valence-electron chi connectivity index (χ3n) is 6.35. The smallest absolute Gasteiger partial charge is 0.289 e. The van der Waals surface area contributed by atoms with Crippen LogP contribution in [-0.2, 0) is 21.2 Å². The van der Waals surface area contributed by atoms with E-state index >= 15 is 0 Å². The predicted molar refractivity (Wildman–Crippen MR) is 117 cm³/mol. The zero-order valence-electron chi connectivity index (χ0n) is 18.7. The van der Waals surface area contributed by atoms with Crippen molar-refractivity contribution in [2.45, 2.75) is 75.1 Å². The lowest BCUT2D eigenvalue weighted by atomic mass is 9.93. The van der Waals surface area contributed by atoms with Crippen molar-refractivity contribution in [1.29, 1.82) is 0 Å². The molecule has 0 unspecified atom stereocenters. The lowest BCUT2D eigenvalue weighted by molar-refractivity contribution is -0.284. The molecule has 1 fully saturated rings. The number of pyridine rings is 1. The van der Waals surface area contributed by atoms with Crippen molar-refractivity contribution in [2.24, 2.45) is 0 Å². The Hall–Kier alpha value is -1.57. The molecule has 0 radical (unpaired) electrons. The number of hydrogen-bond donors (Lipinski definition) is 2. The molecule has 34 heavy (non-hydrogen) atoms. The van der Waals surface area contributed by atoms with Crippen LogP contribution in [0, 0.1) is 0 Å². The van der Waals surface area contributed by atoms with Crippen LogP contribution in [0.4, 0.5) is 22.0 Å². The fourth-order valence-electron chi connectivity index (χ4n) is 4.06. The van der Waals surface area contributed by atoms with Gasteiger partial charge in [0.25, 0.3) is 5.91 Å². The number of aryl methyl sites for hydroxylation is 1. The largest absolute Gasteiger partial charge is 0.453 e. The first-order chi connectivity index (χ1) is 15.3. The summed E-state index contributed by atoms with van der Waals surface area (Å²) in [6.07, 6.45) is -5.45. The number of rotatable bonds is 9. The van der Waals surface area contributed by atoms with Crippen LogP contribution in [0.15, 0.2) is 18.3 Å². The van der Waals surface area contributed by atoms with Gasteiger partial charge in [0.1, 0.15) is 0 Å². The fourth-order valence-corrected chi connectivity index (χ4v) is 6.26. The summed E-state index contributed by atoms with van der Waals surface area (Å²) in [5, 5.41) is 9.04. The summed E-state index contributed by atoms with van der Waals surface area (Å²) < 4.78 is 88.9. The molecule has 0 spiro atoms. The van der Waals surface area contributed by atoms with Gasteiger partial charge in [0.2, 0.25) is 10.0 Å². The molecule has 14 heteroatoms. The molecule has 196 valence electrons. The minimum Gasteiger partial charge on any atom is -0.289 e. The Morgan fingerprint density at radius 3 is 2.12 bits per heavy atom. The number of aromatic nitrogens is 1. The number of hydroxylamine groups is 1. The van der Waals surface area contributed by atoms with Crippen LogP contribution in [0.25, 0.3) is 0 Å². The second kappa shape index (κ2) is 11.4. The second-order valence-electron chi connectivity index (χ2n) is 8.11. The molecule has 1 aromatic rings. The summed E-state index contributed by atoms with van der Waals surface area (Å²) in [5.41, 5.74) is 2.29. The lowest BCUT2D eigenvalue weighted by Crippen LogP contribution is -2.57. The van der Waals surface area contributed by atoms with E-state index in [1.54, 1.807) is 19.9 Å². The summed E-state index contributed by atoms with van der Waals surface area (Å²) in [4.78, 5) is 16.4. The van der Waals surface area contributed by atoms with Crippen LogP contribution in [0.5, 0.6) is 0 Å². The van der Waals surface area contributed by atoms with Gasteiger partial charge in [-0.25, -0.2) is 18.2 Å². The minimum absolute atomic E-state index is 0. The van der Waals surface area contributed by atoms with Gasteiger partial charge in [0.05, 0.1) is 0 Å². The van der Waals surface area contributed by atoms with Crippen LogP contribution in [0.3, 0.4) is 0 Å². The number of carbonyl (C=O) groups excluding carboxylic acids is 1. The number of piperidine rings is 1. The Bertz CT molecular complexity index is 917. The van der Waals surface area contributed by atoms with E-state index in [2.05, 4.69) is 4.98 Å². The van der Waals surface area contributed by atoms with Gasteiger partial charge in [-0.3, -0.25) is 15.0 Å². The maximum atomic E-state index is 13.2. The van der Waals surface area contributed by atoms with Crippen LogP contribution in [-0.4, -0.2) is 58.8 Å². The average molecular weight is 538 g/mol. The van der Waals surface area contributed by atoms with Gasteiger partial charge >= 0.3 is 12.1 Å². The number of hydrogen-bond acceptors (Lipinski definition) is 5. The van der Waals surface area contributed by atoms with Gasteiger partial charge in [-0.05, 0) is 43.7 Å². The number of amides is 1. The van der Waals surface area contributed by atoms with Crippen molar-refractivity contribution < 1.29 is 40.4 Å². The fraction of sp³-hybridized carbons (Fsp3) is 0.700. The molecule has 0 atom stereocenters. The van der Waals surface area contributed by atoms with Gasteiger partial charge in [-0.2, -0.15) is 22.0 Å². The first-order valence-corrected chi connectivity index (χ1v) is 12.0. The minimum atomic E-state index is -5.60. The van der Waals surface area contributed by atoms with E-state index in [0.29, 0.717) is 18.5 Å². The van der Waals surface area contributed by atoms with Crippen LogP contribution in [0.1, 0.15) is 63.1 Å². The quantitative estimate of drug-likeness (QED) is 0.279. The molecular formula is C20H29ClF5N3O4S. The van der Waals surface area contributed by atoms with E-state index in [0.717, 1.165) is 0 Å². The molecule has 0 bridgehead atoms. The topological polar surface area (TPSA) is 99.6 Å². The normalized spacial score (nSPS) is 16.7. The predicted octanol–water partition coefficient (Wildman–Crippen LogP) is 4.21. The van der Waals surface area contributed by atoms with E-state index in [1.807, 2.05) is 0 Å². The van der Waals surface area contributed by atoms with Crippen LogP contribution < -0.4 is 5.48 Å². The Kier molecular flexibility index (Phi) is 10.3. The van der Waals surface area contributed by atoms with E-state index in [-0.39, 0.29) is 49.8 Å². The number of nitrogens with zero attached hydrogens (tertiary/aromatic N) is 2. The summed E-state index contributed by atoms with van der Waals surface area (Å²) in [6, 6.07) is 3.00. The third-order valence-corrected chi connectivity index (χ3v) is 9.15. The molecule has 1 aliphatic rings. The second-order valence-corrected chi connectivity index (χ2v) is 10.4. The Balaban J connectivity index is 0.00000578. The van der Waals surface area contributed by atoms with E-state index in [9.17, 15) is 35.2 Å². The number of halogens is 6. The van der Waals surface area contributed by atoms with Crippen LogP contribution >= 0.6 is 12.4 Å². The molecule has 7 nitrogen and oxygen atoms in total. The molecule has 0 aliphatic carbocycles. The average Bonchev–Trinajstić information content (AvgIpc) is 2.78. The van der Waals surface area contributed by atoms with Gasteiger partial charge < -0.3 is 0 Å². The van der Waals surface area contributed by atoms with Crippen LogP contribution in [0.2, 0.25) is 0 Å².